The van der Waals surface area contributed by atoms with Gasteiger partial charge in [0.05, 0.1) is 18.8 Å². The molecule has 0 radical (unpaired) electrons. The first kappa shape index (κ1) is 67.3. The Morgan fingerprint density at radius 3 is 0.971 bits per heavy atom. The second-order valence-electron chi connectivity index (χ2n) is 21.2. The van der Waals surface area contributed by atoms with E-state index in [0.29, 0.717) is 12.8 Å². The van der Waals surface area contributed by atoms with Gasteiger partial charge in [0.1, 0.15) is 6.10 Å². The van der Waals surface area contributed by atoms with Crippen LogP contribution in [0.5, 0.6) is 0 Å². The van der Waals surface area contributed by atoms with Gasteiger partial charge in [-0.2, -0.15) is 0 Å². The molecular weight excluding hydrogens is 847 g/mol. The van der Waals surface area contributed by atoms with Crippen molar-refractivity contribution in [3.8, 4) is 0 Å². The summed E-state index contributed by atoms with van der Waals surface area (Å²) in [7, 11) is 0. The highest BCUT2D eigenvalue weighted by atomic mass is 16.3. The summed E-state index contributed by atoms with van der Waals surface area (Å²) in [5.74, 6) is -0.155. The van der Waals surface area contributed by atoms with E-state index in [1.807, 2.05) is 0 Å². The molecule has 0 aliphatic carbocycles. The molecule has 3 atom stereocenters. The third kappa shape index (κ3) is 53.9. The predicted molar refractivity (Wildman–Crippen MR) is 305 cm³/mol. The monoisotopic (exact) mass is 968 g/mol. The molecule has 0 aromatic heterocycles. The summed E-state index contributed by atoms with van der Waals surface area (Å²) in [6.07, 6.45) is 78.6. The molecule has 0 saturated heterocycles. The van der Waals surface area contributed by atoms with E-state index in [1.165, 1.54) is 250 Å². The lowest BCUT2D eigenvalue weighted by molar-refractivity contribution is -0.124. The van der Waals surface area contributed by atoms with Gasteiger partial charge < -0.3 is 20.6 Å². The van der Waals surface area contributed by atoms with Gasteiger partial charge in [0.2, 0.25) is 5.91 Å². The van der Waals surface area contributed by atoms with E-state index in [4.69, 9.17) is 0 Å². The smallest absolute Gasteiger partial charge is 0.220 e. The van der Waals surface area contributed by atoms with Crippen LogP contribution in [-0.4, -0.2) is 46.1 Å². The lowest BCUT2D eigenvalue weighted by atomic mass is 10.0. The van der Waals surface area contributed by atoms with Crippen LogP contribution in [0.1, 0.15) is 328 Å². The van der Waals surface area contributed by atoms with Crippen LogP contribution in [0.15, 0.2) is 48.6 Å². The molecule has 0 aliphatic heterocycles. The zero-order valence-electron chi connectivity index (χ0n) is 46.5. The van der Waals surface area contributed by atoms with E-state index in [-0.39, 0.29) is 12.5 Å². The molecule has 0 bridgehead atoms. The van der Waals surface area contributed by atoms with Crippen LogP contribution >= 0.6 is 0 Å². The summed E-state index contributed by atoms with van der Waals surface area (Å²) in [5, 5.41) is 33.8. The van der Waals surface area contributed by atoms with E-state index in [2.05, 4.69) is 67.8 Å². The Balaban J connectivity index is 3.57. The van der Waals surface area contributed by atoms with Gasteiger partial charge in [-0.1, -0.05) is 287 Å². The fraction of sp³-hybridized carbons (Fsp3) is 0.859. The van der Waals surface area contributed by atoms with Crippen LogP contribution in [0.3, 0.4) is 0 Å². The van der Waals surface area contributed by atoms with E-state index in [9.17, 15) is 20.1 Å². The van der Waals surface area contributed by atoms with Crippen LogP contribution in [0.2, 0.25) is 0 Å². The van der Waals surface area contributed by atoms with Crippen LogP contribution in [-0.2, 0) is 4.79 Å². The largest absolute Gasteiger partial charge is 0.394 e. The number of hydrogen-bond acceptors (Lipinski definition) is 4. The molecule has 0 heterocycles. The molecule has 0 saturated carbocycles. The van der Waals surface area contributed by atoms with Crippen molar-refractivity contribution >= 4 is 5.91 Å². The Morgan fingerprint density at radius 1 is 0.362 bits per heavy atom. The third-order valence-corrected chi connectivity index (χ3v) is 14.4. The zero-order valence-corrected chi connectivity index (χ0v) is 46.5. The Kier molecular flexibility index (Phi) is 57.4. The van der Waals surface area contributed by atoms with Gasteiger partial charge in [0.15, 0.2) is 0 Å². The molecule has 1 amide bonds. The Hall–Kier alpha value is -1.69. The van der Waals surface area contributed by atoms with Crippen molar-refractivity contribution in [1.82, 2.24) is 5.32 Å². The molecule has 0 aromatic rings. The van der Waals surface area contributed by atoms with Gasteiger partial charge in [0, 0.05) is 6.42 Å². The van der Waals surface area contributed by atoms with Gasteiger partial charge in [-0.05, 0) is 83.5 Å². The van der Waals surface area contributed by atoms with Crippen molar-refractivity contribution in [2.45, 2.75) is 347 Å². The normalized spacial score (nSPS) is 13.5. The molecule has 0 fully saturated rings. The molecule has 0 aromatic carbocycles. The quantitative estimate of drug-likeness (QED) is 0.0361. The highest BCUT2D eigenvalue weighted by Crippen LogP contribution is 2.17. The zero-order chi connectivity index (χ0) is 50.0. The summed E-state index contributed by atoms with van der Waals surface area (Å²) >= 11 is 0. The predicted octanol–water partition coefficient (Wildman–Crippen LogP) is 19.6. The maximum absolute atomic E-state index is 12.5. The van der Waals surface area contributed by atoms with E-state index >= 15 is 0 Å². The highest BCUT2D eigenvalue weighted by Gasteiger charge is 2.26. The molecule has 69 heavy (non-hydrogen) atoms. The minimum absolute atomic E-state index is 0.155. The minimum atomic E-state index is -1.17. The molecule has 5 nitrogen and oxygen atoms in total. The standard InChI is InChI=1S/C64H121NO4/c1-3-5-7-9-11-13-15-17-19-21-23-25-27-29-30-31-32-33-34-35-37-39-41-43-45-47-49-51-53-55-57-59-63(68)65-61(60-66)64(69)62(67)58-56-54-52-50-48-46-44-42-40-38-36-28-26-24-22-20-18-16-14-12-10-8-6-4-2/h23,25,29-30,42,44,50,52,61-62,64,66-67,69H,3-22,24,26-28,31-41,43,45-49,51,53-60H2,1-2H3,(H,65,68)/b25-23-,30-29-,44-42+,52-50+. The number of unbranched alkanes of at least 4 members (excludes halogenated alkanes) is 41. The van der Waals surface area contributed by atoms with Crippen LogP contribution < -0.4 is 5.32 Å². The van der Waals surface area contributed by atoms with Crippen molar-refractivity contribution in [2.24, 2.45) is 0 Å². The lowest BCUT2D eigenvalue weighted by Crippen LogP contribution is -2.50. The number of hydrogen-bond donors (Lipinski definition) is 4. The molecule has 4 N–H and O–H groups in total. The number of rotatable bonds is 57. The molecule has 0 rings (SSSR count). The highest BCUT2D eigenvalue weighted by molar-refractivity contribution is 5.76. The fourth-order valence-corrected chi connectivity index (χ4v) is 9.62. The van der Waals surface area contributed by atoms with E-state index in [1.54, 1.807) is 0 Å². The first-order chi connectivity index (χ1) is 34.1. The summed E-state index contributed by atoms with van der Waals surface area (Å²) in [6.45, 7) is 4.20. The molecule has 5 heteroatoms. The third-order valence-electron chi connectivity index (χ3n) is 14.4. The van der Waals surface area contributed by atoms with Crippen molar-refractivity contribution in [3.05, 3.63) is 48.6 Å². The first-order valence-electron chi connectivity index (χ1n) is 30.9. The summed E-state index contributed by atoms with van der Waals surface area (Å²) in [6, 6.07) is -0.835. The van der Waals surface area contributed by atoms with Crippen molar-refractivity contribution in [3.63, 3.8) is 0 Å². The average Bonchev–Trinajstić information content (AvgIpc) is 3.35. The van der Waals surface area contributed by atoms with Crippen molar-refractivity contribution < 1.29 is 20.1 Å². The van der Waals surface area contributed by atoms with Gasteiger partial charge in [-0.25, -0.2) is 0 Å². The second-order valence-corrected chi connectivity index (χ2v) is 21.2. The number of carbonyl (C=O) groups excluding carboxylic acids is 1. The first-order valence-corrected chi connectivity index (χ1v) is 30.9. The van der Waals surface area contributed by atoms with E-state index in [0.717, 1.165) is 51.4 Å². The minimum Gasteiger partial charge on any atom is -0.394 e. The maximum atomic E-state index is 12.5. The molecule has 0 aliphatic rings. The summed E-state index contributed by atoms with van der Waals surface area (Å²) < 4.78 is 0. The van der Waals surface area contributed by atoms with Crippen molar-refractivity contribution in [1.29, 1.82) is 0 Å². The van der Waals surface area contributed by atoms with E-state index < -0.39 is 18.2 Å². The molecule has 0 spiro atoms. The average molecular weight is 969 g/mol. The second kappa shape index (κ2) is 58.9. The van der Waals surface area contributed by atoms with Crippen LogP contribution in [0.25, 0.3) is 0 Å². The number of amides is 1. The fourth-order valence-electron chi connectivity index (χ4n) is 9.62. The number of aliphatic hydroxyl groups excluding tert-OH is 3. The van der Waals surface area contributed by atoms with Gasteiger partial charge in [-0.3, -0.25) is 4.79 Å². The number of aliphatic hydroxyl groups is 3. The topological polar surface area (TPSA) is 89.8 Å². The molecular formula is C64H121NO4. The van der Waals surface area contributed by atoms with Crippen LogP contribution in [0, 0.1) is 0 Å². The lowest BCUT2D eigenvalue weighted by Gasteiger charge is -2.26. The number of carbonyl (C=O) groups is 1. The maximum Gasteiger partial charge on any atom is 0.220 e. The van der Waals surface area contributed by atoms with Gasteiger partial charge >= 0.3 is 0 Å². The van der Waals surface area contributed by atoms with Crippen molar-refractivity contribution in [2.75, 3.05) is 6.61 Å². The number of allylic oxidation sites excluding steroid dienone is 8. The Labute approximate surface area is 431 Å². The number of nitrogens with one attached hydrogen (secondary N) is 1. The van der Waals surface area contributed by atoms with Crippen LogP contribution in [0.4, 0.5) is 0 Å². The summed E-state index contributed by atoms with van der Waals surface area (Å²) in [5.41, 5.74) is 0. The Morgan fingerprint density at radius 2 is 0.638 bits per heavy atom. The molecule has 406 valence electrons. The summed E-state index contributed by atoms with van der Waals surface area (Å²) in [4.78, 5) is 12.5. The van der Waals surface area contributed by atoms with Gasteiger partial charge in [-0.15, -0.1) is 0 Å². The molecule has 3 unspecified atom stereocenters. The Bertz CT molecular complexity index is 1110. The van der Waals surface area contributed by atoms with Gasteiger partial charge in [0.25, 0.3) is 0 Å². The SMILES string of the molecule is CCCCCCCCCCC/C=C\C/C=C\CCCCCCCCCCCCCCCCCC(=O)NC(CO)C(O)C(O)CCC/C=C/CC/C=C/CCCCCCCCCCCCCCCCC.